The van der Waals surface area contributed by atoms with Crippen LogP contribution in [0.25, 0.3) is 22.6 Å². The maximum absolute atomic E-state index is 11.1. The van der Waals surface area contributed by atoms with E-state index >= 15 is 0 Å². The minimum Gasteiger partial charge on any atom is -0.481 e. The third kappa shape index (κ3) is 4.34. The van der Waals surface area contributed by atoms with Gasteiger partial charge in [-0.1, -0.05) is 35.9 Å². The van der Waals surface area contributed by atoms with Crippen molar-refractivity contribution in [2.24, 2.45) is 0 Å². The van der Waals surface area contributed by atoms with Crippen molar-refractivity contribution in [3.05, 3.63) is 94.3 Å². The molecular formula is C25H18ClN3O3. The molecule has 32 heavy (non-hydrogen) atoms. The summed E-state index contributed by atoms with van der Waals surface area (Å²) in [5, 5.41) is 20.4. The monoisotopic (exact) mass is 443 g/mol. The number of aromatic nitrogens is 2. The molecule has 0 aliphatic heterocycles. The highest BCUT2D eigenvalue weighted by Crippen LogP contribution is 2.29. The number of carboxylic acid groups (broad SMARTS) is 1. The van der Waals surface area contributed by atoms with Crippen molar-refractivity contribution in [2.45, 2.75) is 6.54 Å². The first-order valence-electron chi connectivity index (χ1n) is 9.71. The first kappa shape index (κ1) is 21.2. The molecule has 0 aliphatic carbocycles. The molecule has 158 valence electrons. The summed E-state index contributed by atoms with van der Waals surface area (Å²) in [6, 6.07) is 17.9. The molecule has 0 spiro atoms. The van der Waals surface area contributed by atoms with E-state index in [-0.39, 0.29) is 5.56 Å². The maximum atomic E-state index is 11.1. The van der Waals surface area contributed by atoms with E-state index < -0.39 is 5.97 Å². The van der Waals surface area contributed by atoms with Gasteiger partial charge in [-0.15, -0.1) is 0 Å². The van der Waals surface area contributed by atoms with E-state index in [2.05, 4.69) is 15.6 Å². The van der Waals surface area contributed by atoms with Gasteiger partial charge in [-0.25, -0.2) is 9.78 Å². The molecule has 2 aromatic carbocycles. The Morgan fingerprint density at radius 1 is 1.19 bits per heavy atom. The zero-order chi connectivity index (χ0) is 22.7. The molecule has 6 nitrogen and oxygen atoms in total. The second-order valence-corrected chi connectivity index (χ2v) is 7.57. The van der Waals surface area contributed by atoms with Crippen molar-refractivity contribution in [1.82, 2.24) is 9.55 Å². The number of rotatable bonds is 6. The van der Waals surface area contributed by atoms with Crippen molar-refractivity contribution in [3.63, 3.8) is 0 Å². The van der Waals surface area contributed by atoms with Crippen LogP contribution in [0.1, 0.15) is 27.0 Å². The van der Waals surface area contributed by atoms with E-state index in [1.807, 2.05) is 36.5 Å². The number of nitriles is 1. The van der Waals surface area contributed by atoms with Gasteiger partial charge in [-0.3, -0.25) is 0 Å². The van der Waals surface area contributed by atoms with Crippen LogP contribution >= 0.6 is 11.6 Å². The van der Waals surface area contributed by atoms with E-state index in [1.54, 1.807) is 31.5 Å². The van der Waals surface area contributed by atoms with Crippen LogP contribution in [0.15, 0.2) is 67.0 Å². The Bertz CT molecular complexity index is 1360. The minimum atomic E-state index is -1.01. The number of ether oxygens (including phenoxy) is 1. The molecule has 2 heterocycles. The van der Waals surface area contributed by atoms with Crippen LogP contribution in [-0.4, -0.2) is 27.7 Å². The van der Waals surface area contributed by atoms with Crippen LogP contribution < -0.4 is 4.74 Å². The summed E-state index contributed by atoms with van der Waals surface area (Å²) in [6.45, 7) is 0.566. The molecule has 0 atom stereocenters. The third-order valence-electron chi connectivity index (χ3n) is 5.10. The predicted octanol–water partition coefficient (Wildman–Crippen LogP) is 5.51. The van der Waals surface area contributed by atoms with Gasteiger partial charge in [0, 0.05) is 41.0 Å². The van der Waals surface area contributed by atoms with Gasteiger partial charge in [0.05, 0.1) is 29.8 Å². The van der Waals surface area contributed by atoms with Gasteiger partial charge in [-0.05, 0) is 41.5 Å². The number of methoxy groups -OCH3 is 1. The fourth-order valence-electron chi connectivity index (χ4n) is 3.49. The Hall–Kier alpha value is -4.08. The molecule has 0 saturated carbocycles. The zero-order valence-corrected chi connectivity index (χ0v) is 17.9. The second kappa shape index (κ2) is 8.96. The number of benzene rings is 2. The highest BCUT2D eigenvalue weighted by Gasteiger charge is 2.11. The average molecular weight is 444 g/mol. The first-order valence-corrected chi connectivity index (χ1v) is 10.1. The minimum absolute atomic E-state index is 0.172. The highest BCUT2D eigenvalue weighted by atomic mass is 35.5. The van der Waals surface area contributed by atoms with E-state index in [0.717, 1.165) is 22.0 Å². The number of nitrogens with zero attached hydrogens (tertiary/aromatic N) is 3. The molecule has 0 amide bonds. The molecule has 0 bridgehead atoms. The SMILES string of the molecule is COc1ccc(Cn2cc(/C=C(\C#N)c3ccc(C(=O)O)cc3)c3ccc(Cl)cc32)cn1. The summed E-state index contributed by atoms with van der Waals surface area (Å²) in [6.07, 6.45) is 5.53. The standard InChI is InChI=1S/C25H18ClN3O3/c1-32-24-9-2-16(13-28-24)14-29-15-20(22-8-7-21(26)11-23(22)29)10-19(12-27)17-3-5-18(6-4-17)25(30)31/h2-11,13,15H,14H2,1H3,(H,30,31)/b19-10+. The van der Waals surface area contributed by atoms with Gasteiger partial charge in [0.25, 0.3) is 0 Å². The van der Waals surface area contributed by atoms with Gasteiger partial charge >= 0.3 is 5.97 Å². The number of hydrogen-bond acceptors (Lipinski definition) is 4. The number of pyridine rings is 1. The van der Waals surface area contributed by atoms with Gasteiger partial charge in [0.2, 0.25) is 5.88 Å². The summed E-state index contributed by atoms with van der Waals surface area (Å²) in [5.41, 5.74) is 4.03. The number of aromatic carboxylic acids is 1. The molecule has 0 fully saturated rings. The molecule has 0 radical (unpaired) electrons. The lowest BCUT2D eigenvalue weighted by molar-refractivity contribution is 0.0697. The molecule has 0 unspecified atom stereocenters. The lowest BCUT2D eigenvalue weighted by Gasteiger charge is -2.06. The summed E-state index contributed by atoms with van der Waals surface area (Å²) in [7, 11) is 1.57. The largest absolute Gasteiger partial charge is 0.481 e. The molecule has 0 saturated heterocycles. The number of carbonyl (C=O) groups is 1. The lowest BCUT2D eigenvalue weighted by Crippen LogP contribution is -1.99. The van der Waals surface area contributed by atoms with Crippen LogP contribution in [-0.2, 0) is 6.54 Å². The van der Waals surface area contributed by atoms with Crippen LogP contribution in [0, 0.1) is 11.3 Å². The van der Waals surface area contributed by atoms with Crippen LogP contribution in [0.4, 0.5) is 0 Å². The Morgan fingerprint density at radius 2 is 1.94 bits per heavy atom. The summed E-state index contributed by atoms with van der Waals surface area (Å²) < 4.78 is 7.18. The zero-order valence-electron chi connectivity index (χ0n) is 17.1. The number of halogens is 1. The third-order valence-corrected chi connectivity index (χ3v) is 5.33. The van der Waals surface area contributed by atoms with Gasteiger partial charge in [-0.2, -0.15) is 5.26 Å². The van der Waals surface area contributed by atoms with Crippen molar-refractivity contribution in [1.29, 1.82) is 5.26 Å². The molecule has 2 aromatic heterocycles. The Kier molecular flexibility index (Phi) is 5.93. The quantitative estimate of drug-likeness (QED) is 0.397. The van der Waals surface area contributed by atoms with Gasteiger partial charge < -0.3 is 14.4 Å². The van der Waals surface area contributed by atoms with E-state index in [0.29, 0.717) is 28.6 Å². The predicted molar refractivity (Wildman–Crippen MR) is 124 cm³/mol. The van der Waals surface area contributed by atoms with E-state index in [1.165, 1.54) is 12.1 Å². The van der Waals surface area contributed by atoms with Crippen molar-refractivity contribution < 1.29 is 14.6 Å². The fraction of sp³-hybridized carbons (Fsp3) is 0.0800. The fourth-order valence-corrected chi connectivity index (χ4v) is 3.66. The Balaban J connectivity index is 1.76. The summed E-state index contributed by atoms with van der Waals surface area (Å²) in [5.74, 6) is -0.461. The Morgan fingerprint density at radius 3 is 2.56 bits per heavy atom. The highest BCUT2D eigenvalue weighted by molar-refractivity contribution is 6.31. The number of fused-ring (bicyclic) bond motifs is 1. The summed E-state index contributed by atoms with van der Waals surface area (Å²) in [4.78, 5) is 15.4. The number of carboxylic acids is 1. The maximum Gasteiger partial charge on any atom is 0.335 e. The molecule has 7 heteroatoms. The van der Waals surface area contributed by atoms with Crippen LogP contribution in [0.3, 0.4) is 0 Å². The Labute approximate surface area is 189 Å². The molecule has 4 rings (SSSR count). The van der Waals surface area contributed by atoms with Crippen molar-refractivity contribution >= 4 is 40.1 Å². The molecule has 1 N–H and O–H groups in total. The first-order chi connectivity index (χ1) is 15.5. The molecular weight excluding hydrogens is 426 g/mol. The van der Waals surface area contributed by atoms with Gasteiger partial charge in [0.15, 0.2) is 0 Å². The van der Waals surface area contributed by atoms with Gasteiger partial charge in [0.1, 0.15) is 0 Å². The second-order valence-electron chi connectivity index (χ2n) is 7.13. The molecule has 4 aromatic rings. The lowest BCUT2D eigenvalue weighted by atomic mass is 10.0. The van der Waals surface area contributed by atoms with Crippen LogP contribution in [0.2, 0.25) is 5.02 Å². The average Bonchev–Trinajstić information content (AvgIpc) is 3.14. The number of hydrogen-bond donors (Lipinski definition) is 1. The smallest absolute Gasteiger partial charge is 0.335 e. The van der Waals surface area contributed by atoms with Crippen LogP contribution in [0.5, 0.6) is 5.88 Å². The number of allylic oxidation sites excluding steroid dienone is 1. The summed E-state index contributed by atoms with van der Waals surface area (Å²) >= 11 is 6.25. The normalized spacial score (nSPS) is 11.3. The van der Waals surface area contributed by atoms with Crippen molar-refractivity contribution in [2.75, 3.05) is 7.11 Å². The van der Waals surface area contributed by atoms with E-state index in [9.17, 15) is 10.1 Å². The van der Waals surface area contributed by atoms with E-state index in [4.69, 9.17) is 21.4 Å². The molecule has 0 aliphatic rings. The van der Waals surface area contributed by atoms with Crippen molar-refractivity contribution in [3.8, 4) is 11.9 Å². The topological polar surface area (TPSA) is 88.1 Å².